The second-order valence-electron chi connectivity index (χ2n) is 4.20. The first-order valence-electron chi connectivity index (χ1n) is 5.50. The van der Waals surface area contributed by atoms with Gasteiger partial charge < -0.3 is 10.0 Å². The molecule has 4 nitrogen and oxygen atoms in total. The zero-order valence-corrected chi connectivity index (χ0v) is 9.30. The van der Waals surface area contributed by atoms with E-state index in [9.17, 15) is 5.11 Å². The van der Waals surface area contributed by atoms with Crippen LogP contribution in [-0.4, -0.2) is 29.3 Å². The van der Waals surface area contributed by atoms with Gasteiger partial charge in [0.2, 0.25) is 0 Å². The van der Waals surface area contributed by atoms with Crippen LogP contribution in [0.15, 0.2) is 18.3 Å². The molecule has 2 unspecified atom stereocenters. The lowest BCUT2D eigenvalue weighted by Gasteiger charge is -2.26. The predicted octanol–water partition coefficient (Wildman–Crippen LogP) is 1.16. The van der Waals surface area contributed by atoms with Crippen molar-refractivity contribution in [2.24, 2.45) is 5.92 Å². The van der Waals surface area contributed by atoms with Crippen molar-refractivity contribution in [2.45, 2.75) is 19.4 Å². The zero-order valence-electron chi connectivity index (χ0n) is 9.30. The molecule has 1 aliphatic heterocycles. The van der Waals surface area contributed by atoms with E-state index in [4.69, 9.17) is 5.26 Å². The van der Waals surface area contributed by atoms with E-state index in [1.165, 1.54) is 0 Å². The van der Waals surface area contributed by atoms with Crippen LogP contribution in [0.5, 0.6) is 0 Å². The molecule has 0 aromatic carbocycles. The summed E-state index contributed by atoms with van der Waals surface area (Å²) >= 11 is 0. The van der Waals surface area contributed by atoms with E-state index in [1.54, 1.807) is 18.3 Å². The van der Waals surface area contributed by atoms with Gasteiger partial charge in [0.1, 0.15) is 11.9 Å². The number of aliphatic hydroxyl groups excluding tert-OH is 1. The summed E-state index contributed by atoms with van der Waals surface area (Å²) in [6.45, 7) is 3.09. The number of rotatable bonds is 2. The third kappa shape index (κ3) is 1.74. The van der Waals surface area contributed by atoms with E-state index in [0.29, 0.717) is 17.3 Å². The van der Waals surface area contributed by atoms with Gasteiger partial charge in [-0.1, -0.05) is 6.92 Å². The maximum absolute atomic E-state index is 9.38. The molecule has 4 heteroatoms. The first kappa shape index (κ1) is 10.9. The average Bonchev–Trinajstić information content (AvgIpc) is 2.70. The molecular formula is C12H15N3O. The summed E-state index contributed by atoms with van der Waals surface area (Å²) in [6, 6.07) is 5.75. The molecule has 1 N–H and O–H groups in total. The number of anilines is 1. The van der Waals surface area contributed by atoms with Crippen LogP contribution in [0.25, 0.3) is 0 Å². The first-order valence-corrected chi connectivity index (χ1v) is 5.50. The Kier molecular flexibility index (Phi) is 3.07. The second kappa shape index (κ2) is 4.50. The van der Waals surface area contributed by atoms with Gasteiger partial charge in [-0.05, 0) is 24.5 Å². The standard InChI is InChI=1S/C12H15N3O/c1-9-4-6-15(11(9)8-16)12-10(7-13)3-2-5-14-12/h2-3,5,9,11,16H,4,6,8H2,1H3. The Morgan fingerprint density at radius 3 is 3.19 bits per heavy atom. The summed E-state index contributed by atoms with van der Waals surface area (Å²) in [4.78, 5) is 6.30. The summed E-state index contributed by atoms with van der Waals surface area (Å²) in [7, 11) is 0. The third-order valence-corrected chi connectivity index (χ3v) is 3.25. The van der Waals surface area contributed by atoms with Gasteiger partial charge in [0.25, 0.3) is 0 Å². The van der Waals surface area contributed by atoms with Gasteiger partial charge in [-0.25, -0.2) is 4.98 Å². The zero-order chi connectivity index (χ0) is 11.5. The molecule has 1 aromatic rings. The molecule has 0 aliphatic carbocycles. The summed E-state index contributed by atoms with van der Waals surface area (Å²) in [5.74, 6) is 1.15. The maximum Gasteiger partial charge on any atom is 0.146 e. The molecule has 0 bridgehead atoms. The Morgan fingerprint density at radius 2 is 2.50 bits per heavy atom. The Labute approximate surface area is 95.1 Å². The Balaban J connectivity index is 2.34. The molecule has 2 atom stereocenters. The Hall–Kier alpha value is -1.60. The molecule has 1 aliphatic rings. The van der Waals surface area contributed by atoms with E-state index in [2.05, 4.69) is 18.0 Å². The van der Waals surface area contributed by atoms with Gasteiger partial charge in [-0.15, -0.1) is 0 Å². The molecular weight excluding hydrogens is 202 g/mol. The van der Waals surface area contributed by atoms with Crippen LogP contribution in [0.4, 0.5) is 5.82 Å². The molecule has 1 fully saturated rings. The molecule has 84 valence electrons. The van der Waals surface area contributed by atoms with Crippen molar-refractivity contribution in [1.82, 2.24) is 4.98 Å². The van der Waals surface area contributed by atoms with Crippen LogP contribution >= 0.6 is 0 Å². The summed E-state index contributed by atoms with van der Waals surface area (Å²) in [6.07, 6.45) is 2.72. The van der Waals surface area contributed by atoms with E-state index in [-0.39, 0.29) is 12.6 Å². The van der Waals surface area contributed by atoms with Crippen molar-refractivity contribution in [3.63, 3.8) is 0 Å². The van der Waals surface area contributed by atoms with Crippen LogP contribution in [0.2, 0.25) is 0 Å². The fraction of sp³-hybridized carbons (Fsp3) is 0.500. The monoisotopic (exact) mass is 217 g/mol. The lowest BCUT2D eigenvalue weighted by atomic mass is 10.0. The molecule has 0 amide bonds. The van der Waals surface area contributed by atoms with Gasteiger partial charge >= 0.3 is 0 Å². The maximum atomic E-state index is 9.38. The number of hydrogen-bond acceptors (Lipinski definition) is 4. The highest BCUT2D eigenvalue weighted by atomic mass is 16.3. The molecule has 0 radical (unpaired) electrons. The van der Waals surface area contributed by atoms with Crippen LogP contribution in [0.1, 0.15) is 18.9 Å². The Bertz CT molecular complexity index is 413. The van der Waals surface area contributed by atoms with Crippen molar-refractivity contribution in [3.05, 3.63) is 23.9 Å². The van der Waals surface area contributed by atoms with Crippen molar-refractivity contribution in [1.29, 1.82) is 5.26 Å². The van der Waals surface area contributed by atoms with Crippen LogP contribution in [-0.2, 0) is 0 Å². The van der Waals surface area contributed by atoms with Crippen LogP contribution < -0.4 is 4.90 Å². The van der Waals surface area contributed by atoms with E-state index >= 15 is 0 Å². The highest BCUT2D eigenvalue weighted by Crippen LogP contribution is 2.29. The third-order valence-electron chi connectivity index (χ3n) is 3.25. The lowest BCUT2D eigenvalue weighted by molar-refractivity contribution is 0.244. The fourth-order valence-corrected chi connectivity index (χ4v) is 2.26. The molecule has 0 spiro atoms. The Morgan fingerprint density at radius 1 is 1.69 bits per heavy atom. The van der Waals surface area contributed by atoms with Gasteiger partial charge in [0, 0.05) is 12.7 Å². The molecule has 0 saturated carbocycles. The van der Waals surface area contributed by atoms with Gasteiger partial charge in [-0.3, -0.25) is 0 Å². The van der Waals surface area contributed by atoms with Crippen molar-refractivity contribution >= 4 is 5.82 Å². The van der Waals surface area contributed by atoms with Gasteiger partial charge in [-0.2, -0.15) is 5.26 Å². The number of aromatic nitrogens is 1. The minimum Gasteiger partial charge on any atom is -0.394 e. The highest BCUT2D eigenvalue weighted by Gasteiger charge is 2.32. The van der Waals surface area contributed by atoms with Crippen molar-refractivity contribution in [3.8, 4) is 6.07 Å². The molecule has 16 heavy (non-hydrogen) atoms. The fourth-order valence-electron chi connectivity index (χ4n) is 2.26. The number of pyridine rings is 1. The van der Waals surface area contributed by atoms with Crippen LogP contribution in [0.3, 0.4) is 0 Å². The summed E-state index contributed by atoms with van der Waals surface area (Å²) in [5, 5.41) is 18.4. The minimum absolute atomic E-state index is 0.0852. The molecule has 1 saturated heterocycles. The largest absolute Gasteiger partial charge is 0.394 e. The topological polar surface area (TPSA) is 60.2 Å². The number of nitriles is 1. The molecule has 2 rings (SSSR count). The van der Waals surface area contributed by atoms with Gasteiger partial charge in [0.15, 0.2) is 0 Å². The number of hydrogen-bond donors (Lipinski definition) is 1. The summed E-state index contributed by atoms with van der Waals surface area (Å²) in [5.41, 5.74) is 0.579. The minimum atomic E-state index is 0.0852. The molecule has 2 heterocycles. The average molecular weight is 217 g/mol. The number of aliphatic hydroxyl groups is 1. The van der Waals surface area contributed by atoms with Gasteiger partial charge in [0.05, 0.1) is 18.2 Å². The lowest BCUT2D eigenvalue weighted by Crippen LogP contribution is -2.36. The van der Waals surface area contributed by atoms with Crippen LogP contribution in [0, 0.1) is 17.2 Å². The van der Waals surface area contributed by atoms with E-state index < -0.39 is 0 Å². The van der Waals surface area contributed by atoms with Crippen molar-refractivity contribution in [2.75, 3.05) is 18.1 Å². The predicted molar refractivity (Wildman–Crippen MR) is 61.0 cm³/mol. The van der Waals surface area contributed by atoms with E-state index in [1.807, 2.05) is 4.90 Å². The SMILES string of the molecule is CC1CCN(c2ncccc2C#N)C1CO. The smallest absolute Gasteiger partial charge is 0.146 e. The first-order chi connectivity index (χ1) is 7.77. The van der Waals surface area contributed by atoms with Crippen molar-refractivity contribution < 1.29 is 5.11 Å². The second-order valence-corrected chi connectivity index (χ2v) is 4.20. The number of nitrogens with zero attached hydrogens (tertiary/aromatic N) is 3. The van der Waals surface area contributed by atoms with E-state index in [0.717, 1.165) is 13.0 Å². The normalized spacial score (nSPS) is 24.4. The quantitative estimate of drug-likeness (QED) is 0.807. The molecule has 1 aromatic heterocycles. The summed E-state index contributed by atoms with van der Waals surface area (Å²) < 4.78 is 0. The highest BCUT2D eigenvalue weighted by molar-refractivity contribution is 5.54.